The number of hydrogen-bond acceptors (Lipinski definition) is 22. The van der Waals surface area contributed by atoms with Gasteiger partial charge in [-0.05, 0) is 150 Å². The van der Waals surface area contributed by atoms with Gasteiger partial charge in [-0.25, -0.2) is 18.0 Å². The van der Waals surface area contributed by atoms with E-state index in [9.17, 15) is 69.7 Å². The summed E-state index contributed by atoms with van der Waals surface area (Å²) in [5.74, 6) is -4.01. The van der Waals surface area contributed by atoms with E-state index in [4.69, 9.17) is 44.7 Å². The number of Topliss-reactive ketones (excluding diaryl/α,β-unsaturated/α-hetero) is 2. The number of ether oxygens (including phenoxy) is 1. The zero-order chi connectivity index (χ0) is 84.0. The molecule has 0 unspecified atom stereocenters. The molecule has 0 bridgehead atoms. The summed E-state index contributed by atoms with van der Waals surface area (Å²) in [6.45, 7) is 14.3. The number of carboxylic acid groups (broad SMARTS) is 3. The number of allylic oxidation sites excluding steroid dienone is 7. The number of unbranched alkanes of at least 4 members (excludes halogenated alkanes) is 11. The number of carbonyl (C=O) groups excluding carboxylic acids is 6. The van der Waals surface area contributed by atoms with Gasteiger partial charge in [0.2, 0.25) is 11.6 Å². The molecule has 0 fully saturated rings. The van der Waals surface area contributed by atoms with Crippen molar-refractivity contribution in [1.29, 1.82) is 0 Å². The van der Waals surface area contributed by atoms with E-state index in [0.717, 1.165) is 115 Å². The molecule has 114 heavy (non-hydrogen) atoms. The van der Waals surface area contributed by atoms with Crippen molar-refractivity contribution in [2.24, 2.45) is 5.92 Å². The molecule has 2 aliphatic heterocycles. The zero-order valence-corrected chi connectivity index (χ0v) is 70.8. The van der Waals surface area contributed by atoms with Crippen LogP contribution in [0.15, 0.2) is 120 Å². The molecule has 0 saturated heterocycles. The van der Waals surface area contributed by atoms with Gasteiger partial charge < -0.3 is 52.9 Å². The molecule has 638 valence electrons. The molecule has 6 rings (SSSR count). The number of fused-ring (bicyclic) bond motifs is 2. The summed E-state index contributed by atoms with van der Waals surface area (Å²) >= 11 is 0. The monoisotopic (exact) mass is 1760 g/mol. The fraction of sp³-hybridized carbons (Fsp3) is 0.544. The van der Waals surface area contributed by atoms with Crippen LogP contribution >= 0.6 is 0 Å². The third-order valence-corrected chi connectivity index (χ3v) is 20.3. The van der Waals surface area contributed by atoms with Gasteiger partial charge >= 0.3 is 51.3 Å². The van der Waals surface area contributed by atoms with Crippen LogP contribution in [0.5, 0.6) is 5.75 Å². The third kappa shape index (κ3) is 41.7. The van der Waals surface area contributed by atoms with Crippen LogP contribution in [0.4, 0.5) is 16.2 Å². The number of urea groups is 1. The zero-order valence-electron chi connectivity index (χ0n) is 65.9. The van der Waals surface area contributed by atoms with Crippen molar-refractivity contribution >= 4 is 106 Å². The molecule has 3 aromatic carbocycles. The number of aliphatic carboxylic acids is 3. The maximum Gasteiger partial charge on any atom is 0.425 e. The Labute approximate surface area is 686 Å². The number of carboxylic acids is 3. The number of hydrogen-bond donors (Lipinski definition) is 7. The fourth-order valence-corrected chi connectivity index (χ4v) is 14.4. The second-order valence-corrected chi connectivity index (χ2v) is 31.7. The van der Waals surface area contributed by atoms with Crippen LogP contribution in [-0.2, 0) is 117 Å². The molecule has 7 N–H and O–H groups in total. The fourth-order valence-electron chi connectivity index (χ4n) is 13.2. The Morgan fingerprint density at radius 1 is 0.632 bits per heavy atom. The second kappa shape index (κ2) is 55.9. The maximum atomic E-state index is 13.2. The predicted molar refractivity (Wildman–Crippen MR) is 422 cm³/mol. The van der Waals surface area contributed by atoms with Crippen molar-refractivity contribution in [3.63, 3.8) is 0 Å². The Morgan fingerprint density at radius 2 is 1.18 bits per heavy atom. The van der Waals surface area contributed by atoms with E-state index in [1.54, 1.807) is 0 Å². The van der Waals surface area contributed by atoms with Crippen molar-refractivity contribution in [3.05, 3.63) is 144 Å². The van der Waals surface area contributed by atoms with Gasteiger partial charge in [0.15, 0.2) is 5.71 Å². The molecule has 0 radical (unpaired) electrons. The Morgan fingerprint density at radius 3 is 1.75 bits per heavy atom. The van der Waals surface area contributed by atoms with Crippen LogP contribution in [0.1, 0.15) is 225 Å². The second-order valence-electron chi connectivity index (χ2n) is 27.8. The molecule has 3 aliphatic rings. The molecule has 2 atom stereocenters. The van der Waals surface area contributed by atoms with E-state index >= 15 is 0 Å². The van der Waals surface area contributed by atoms with Crippen LogP contribution in [0.3, 0.4) is 0 Å². The summed E-state index contributed by atoms with van der Waals surface area (Å²) < 4.78 is 127. The smallest absolute Gasteiger partial charge is 0.425 e. The number of para-hydroxylation sites is 2. The number of amides is 3. The molecular formula is C79H112N5O25PdS4-. The molecule has 30 nitrogen and oxygen atoms in total. The van der Waals surface area contributed by atoms with E-state index in [2.05, 4.69) is 102 Å². The summed E-state index contributed by atoms with van der Waals surface area (Å²) in [5, 5.41) is 36.2. The summed E-state index contributed by atoms with van der Waals surface area (Å²) in [4.78, 5) is 103. The quantitative estimate of drug-likeness (QED) is 0.00908. The summed E-state index contributed by atoms with van der Waals surface area (Å²) in [6, 6.07) is 21.6. The van der Waals surface area contributed by atoms with Crippen molar-refractivity contribution < 1.29 is 139 Å². The van der Waals surface area contributed by atoms with Crippen LogP contribution in [0, 0.1) is 13.3 Å². The molecular weight excluding hydrogens is 1650 g/mol. The van der Waals surface area contributed by atoms with E-state index in [1.165, 1.54) is 0 Å². The molecule has 0 aromatic heterocycles. The number of benzene rings is 3. The van der Waals surface area contributed by atoms with E-state index in [1.807, 2.05) is 62.4 Å². The molecule has 3 amide bonds. The van der Waals surface area contributed by atoms with Crippen molar-refractivity contribution in [2.75, 3.05) is 42.6 Å². The van der Waals surface area contributed by atoms with Gasteiger partial charge in [-0.15, -0.1) is 25.3 Å². The van der Waals surface area contributed by atoms with Crippen LogP contribution in [0.25, 0.3) is 0 Å². The Hall–Kier alpha value is -8.52. The first-order valence-electron chi connectivity index (χ1n) is 37.6. The first kappa shape index (κ1) is 105. The van der Waals surface area contributed by atoms with E-state index in [0.29, 0.717) is 82.5 Å². The normalized spacial score (nSPS) is 14.8. The van der Waals surface area contributed by atoms with Crippen LogP contribution in [0.2, 0.25) is 0 Å². The molecule has 0 saturated carbocycles. The predicted octanol–water partition coefficient (Wildman–Crippen LogP) is 11.4. The minimum atomic E-state index is -4.37. The van der Waals surface area contributed by atoms with Crippen molar-refractivity contribution in [3.8, 4) is 5.75 Å². The van der Waals surface area contributed by atoms with Crippen molar-refractivity contribution in [2.45, 2.75) is 232 Å². The van der Waals surface area contributed by atoms with Gasteiger partial charge in [0.1, 0.15) is 35.7 Å². The minimum absolute atomic E-state index is 0. The first-order valence-corrected chi connectivity index (χ1v) is 42.8. The Bertz CT molecular complexity index is 4270. The SMILES string of the molecule is CC.CC1(C)C(=CC=C2CCCC(C=CC3=[N+](CCCCS(=O)(=O)O)c4ccccc4C3(C)C)=C2Oc2ccc(C[C@H](CC(=O)CCCCCCCNC(=O)CCCCCCCCC(=O)CC[C@H](NC(=O)NCCCC(=O)O)C(=O)O)C(=O)O)cc2)N(CCCCS(=O)(=O)[O-])c2ccccc21.O=C=O.O=S(=O)=O.O=S(=O)=O.[CH3-].[Pd]. The number of anilines is 1. The standard InChI is InChI=1S/C75H103N5O17S2.C2H6.CO2.CH3.2O3S.Pd/c1-74(2)61-30-15-17-32-64(61)79(48-20-22-50-98(91,92)93)66(74)44-38-55-26-24-27-56(39-45-67-75(3,4)62-31-16-18-33-65(62)80(67)49-21-23-51-99(94,95)96)70(55)97-60-41-36-54(37-42-60)52-57(71(86)87)53-59(82)29-13-9-7-11-19-46-76-68(83)34-14-10-6-5-8-12-28-58(81)40-43-63(72(88)89)78-73(90)77-47-25-35-69(84)85;1-2;2-1-3;;2*1-4(2)3;/h15-18,30-33,36-39,41-42,44-45,57,63H,5-14,19-29,34-35,40,43,46-53H2,1-4H3,(H7-,76,77,78,83,84,85,86,87,88,89,90,91,92,93,94,95,96);1-2H3;;1H3;;;/q;;;-1;;;/t57-,63+;;;;;;/m1....../s1. The molecule has 0 spiro atoms. The topological polar surface area (TPSA) is 480 Å². The Balaban J connectivity index is 0.00000793. The molecule has 3 aromatic rings. The van der Waals surface area contributed by atoms with E-state index in [-0.39, 0.29) is 122 Å². The largest absolute Gasteiger partial charge is 0.748 e. The number of carbonyl (C=O) groups is 7. The number of ketones is 2. The van der Waals surface area contributed by atoms with Crippen molar-refractivity contribution in [1.82, 2.24) is 16.0 Å². The minimum Gasteiger partial charge on any atom is -0.748 e. The third-order valence-electron chi connectivity index (χ3n) is 18.7. The summed E-state index contributed by atoms with van der Waals surface area (Å²) in [5.41, 5.74) is 8.07. The number of nitrogens with one attached hydrogen (secondary N) is 3. The van der Waals surface area contributed by atoms with Crippen LogP contribution in [-0.4, -0.2) is 168 Å². The first-order chi connectivity index (χ1) is 52.9. The van der Waals surface area contributed by atoms with Gasteiger partial charge in [0.05, 0.1) is 27.2 Å². The average Bonchev–Trinajstić information content (AvgIpc) is 1.60. The molecule has 35 heteroatoms. The molecule has 1 aliphatic carbocycles. The van der Waals surface area contributed by atoms with Gasteiger partial charge in [-0.1, -0.05) is 127 Å². The van der Waals surface area contributed by atoms with Crippen LogP contribution < -0.4 is 25.6 Å². The van der Waals surface area contributed by atoms with Gasteiger partial charge in [-0.3, -0.25) is 28.5 Å². The van der Waals surface area contributed by atoms with Gasteiger partial charge in [0, 0.05) is 125 Å². The van der Waals surface area contributed by atoms with Gasteiger partial charge in [-0.2, -0.15) is 22.6 Å². The molecule has 2 heterocycles. The summed E-state index contributed by atoms with van der Waals surface area (Å²) in [6.07, 6.45) is 22.4. The summed E-state index contributed by atoms with van der Waals surface area (Å²) in [7, 11) is -14.7. The Kier molecular flexibility index (Phi) is 51.7. The average molecular weight is 1770 g/mol. The number of nitrogens with zero attached hydrogens (tertiary/aromatic N) is 2. The van der Waals surface area contributed by atoms with E-state index < -0.39 is 93.9 Å². The van der Waals surface area contributed by atoms with Gasteiger partial charge in [0.25, 0.3) is 10.1 Å². The number of rotatable bonds is 46. The maximum absolute atomic E-state index is 13.2.